The Hall–Kier alpha value is -2.62. The van der Waals surface area contributed by atoms with Crippen molar-refractivity contribution in [1.82, 2.24) is 5.32 Å². The summed E-state index contributed by atoms with van der Waals surface area (Å²) in [6.45, 7) is 1.93. The highest BCUT2D eigenvalue weighted by Crippen LogP contribution is 2.61. The summed E-state index contributed by atoms with van der Waals surface area (Å²) in [4.78, 5) is 25.8. The fourth-order valence-corrected chi connectivity index (χ4v) is 7.12. The van der Waals surface area contributed by atoms with Crippen LogP contribution < -0.4 is 5.32 Å². The molecule has 4 fully saturated rings. The molecule has 32 heavy (non-hydrogen) atoms. The molecule has 0 unspecified atom stereocenters. The molecule has 2 aromatic rings. The molecule has 4 aliphatic carbocycles. The standard InChI is InChI=1S/C28H33NO3/c1-19(28-15-20-12-21(16-28)14-22(13-20)17-28)29-25(30)18-32-27(31)26(23-8-4-2-5-9-23)24-10-6-3-7-11-24/h2-11,19-22,26H,12-18H2,1H3,(H,29,30)/t19-,20?,21?,22?,28?/m0/s1. The molecule has 4 bridgehead atoms. The molecule has 1 atom stereocenters. The Balaban J connectivity index is 1.22. The lowest BCUT2D eigenvalue weighted by Gasteiger charge is -2.59. The summed E-state index contributed by atoms with van der Waals surface area (Å²) < 4.78 is 5.54. The molecule has 0 saturated heterocycles. The van der Waals surface area contributed by atoms with Crippen LogP contribution in [0.5, 0.6) is 0 Å². The first-order valence-electron chi connectivity index (χ1n) is 12.1. The minimum Gasteiger partial charge on any atom is -0.455 e. The largest absolute Gasteiger partial charge is 0.455 e. The molecule has 168 valence electrons. The Kier molecular flexibility index (Phi) is 5.79. The van der Waals surface area contributed by atoms with E-state index in [1.807, 2.05) is 60.7 Å². The van der Waals surface area contributed by atoms with Gasteiger partial charge in [-0.2, -0.15) is 0 Å². The van der Waals surface area contributed by atoms with Gasteiger partial charge in [-0.1, -0.05) is 60.7 Å². The van der Waals surface area contributed by atoms with E-state index in [2.05, 4.69) is 12.2 Å². The van der Waals surface area contributed by atoms with Crippen LogP contribution in [-0.2, 0) is 14.3 Å². The topological polar surface area (TPSA) is 55.4 Å². The van der Waals surface area contributed by atoms with Gasteiger partial charge in [0.2, 0.25) is 0 Å². The highest BCUT2D eigenvalue weighted by Gasteiger charge is 2.53. The van der Waals surface area contributed by atoms with Crippen LogP contribution in [0.15, 0.2) is 60.7 Å². The SMILES string of the molecule is C[C@H](NC(=O)COC(=O)C(c1ccccc1)c1ccccc1)C12CC3CC(CC(C3)C1)C2. The van der Waals surface area contributed by atoms with Crippen LogP contribution in [0.4, 0.5) is 0 Å². The van der Waals surface area contributed by atoms with Gasteiger partial charge in [-0.25, -0.2) is 0 Å². The van der Waals surface area contributed by atoms with E-state index in [0.29, 0.717) is 0 Å². The Morgan fingerprint density at radius 3 is 1.81 bits per heavy atom. The van der Waals surface area contributed by atoms with Crippen LogP contribution in [0.1, 0.15) is 62.5 Å². The molecule has 4 saturated carbocycles. The van der Waals surface area contributed by atoms with Crippen molar-refractivity contribution < 1.29 is 14.3 Å². The average Bonchev–Trinajstić information content (AvgIpc) is 2.78. The van der Waals surface area contributed by atoms with Gasteiger partial charge in [0.1, 0.15) is 5.92 Å². The first-order chi connectivity index (χ1) is 15.5. The number of hydrogen-bond acceptors (Lipinski definition) is 3. The van der Waals surface area contributed by atoms with E-state index in [9.17, 15) is 9.59 Å². The molecule has 1 N–H and O–H groups in total. The number of esters is 1. The molecule has 0 aromatic heterocycles. The van der Waals surface area contributed by atoms with Crippen LogP contribution in [0.2, 0.25) is 0 Å². The van der Waals surface area contributed by atoms with Crippen molar-refractivity contribution in [3.05, 3.63) is 71.8 Å². The predicted molar refractivity (Wildman–Crippen MR) is 124 cm³/mol. The van der Waals surface area contributed by atoms with Crippen molar-refractivity contribution in [3.8, 4) is 0 Å². The zero-order valence-electron chi connectivity index (χ0n) is 18.8. The van der Waals surface area contributed by atoms with Crippen molar-refractivity contribution in [2.45, 2.75) is 57.4 Å². The summed E-state index contributed by atoms with van der Waals surface area (Å²) in [7, 11) is 0. The molecule has 0 radical (unpaired) electrons. The molecule has 6 rings (SSSR count). The van der Waals surface area contributed by atoms with Gasteiger partial charge in [-0.05, 0) is 79.7 Å². The van der Waals surface area contributed by atoms with Crippen LogP contribution in [0.25, 0.3) is 0 Å². The van der Waals surface area contributed by atoms with E-state index in [1.54, 1.807) is 0 Å². The second-order valence-corrected chi connectivity index (χ2v) is 10.4. The first-order valence-corrected chi connectivity index (χ1v) is 12.1. The third-order valence-corrected chi connectivity index (χ3v) is 8.23. The number of amides is 1. The molecule has 0 spiro atoms. The second kappa shape index (κ2) is 8.73. The zero-order valence-corrected chi connectivity index (χ0v) is 18.8. The summed E-state index contributed by atoms with van der Waals surface area (Å²) in [5.74, 6) is 1.41. The molecule has 4 nitrogen and oxygen atoms in total. The van der Waals surface area contributed by atoms with E-state index in [4.69, 9.17) is 4.74 Å². The molecule has 2 aromatic carbocycles. The molecule has 1 amide bonds. The number of nitrogens with one attached hydrogen (secondary N) is 1. The number of rotatable bonds is 7. The maximum absolute atomic E-state index is 13.1. The lowest BCUT2D eigenvalue weighted by Crippen LogP contribution is -2.56. The third-order valence-electron chi connectivity index (χ3n) is 8.23. The molecule has 0 heterocycles. The molecule has 4 aliphatic rings. The number of carbonyl (C=O) groups excluding carboxylic acids is 2. The Morgan fingerprint density at radius 2 is 1.34 bits per heavy atom. The van der Waals surface area contributed by atoms with Crippen molar-refractivity contribution in [3.63, 3.8) is 0 Å². The van der Waals surface area contributed by atoms with Crippen molar-refractivity contribution >= 4 is 11.9 Å². The summed E-state index contributed by atoms with van der Waals surface area (Å²) in [5.41, 5.74) is 1.97. The number of hydrogen-bond donors (Lipinski definition) is 1. The maximum atomic E-state index is 13.1. The minimum absolute atomic E-state index is 0.126. The van der Waals surface area contributed by atoms with Crippen LogP contribution in [0, 0.1) is 23.2 Å². The van der Waals surface area contributed by atoms with E-state index in [0.717, 1.165) is 28.9 Å². The van der Waals surface area contributed by atoms with Crippen LogP contribution >= 0.6 is 0 Å². The smallest absolute Gasteiger partial charge is 0.318 e. The fraction of sp³-hybridized carbons (Fsp3) is 0.500. The monoisotopic (exact) mass is 431 g/mol. The minimum atomic E-state index is -0.536. The van der Waals surface area contributed by atoms with Crippen LogP contribution in [0.3, 0.4) is 0 Å². The Labute approximate surface area is 190 Å². The van der Waals surface area contributed by atoms with E-state index < -0.39 is 5.92 Å². The maximum Gasteiger partial charge on any atom is 0.318 e. The summed E-state index contributed by atoms with van der Waals surface area (Å²) in [6.07, 6.45) is 7.88. The highest BCUT2D eigenvalue weighted by atomic mass is 16.5. The van der Waals surface area contributed by atoms with Gasteiger partial charge in [-0.15, -0.1) is 0 Å². The predicted octanol–water partition coefficient (Wildman–Crippen LogP) is 5.08. The summed E-state index contributed by atoms with van der Waals surface area (Å²) in [5, 5.41) is 3.19. The van der Waals surface area contributed by atoms with Gasteiger partial charge in [0, 0.05) is 6.04 Å². The van der Waals surface area contributed by atoms with Gasteiger partial charge in [0.05, 0.1) is 0 Å². The van der Waals surface area contributed by atoms with Gasteiger partial charge in [-0.3, -0.25) is 9.59 Å². The Morgan fingerprint density at radius 1 is 0.875 bits per heavy atom. The fourth-order valence-electron chi connectivity index (χ4n) is 7.12. The average molecular weight is 432 g/mol. The van der Waals surface area contributed by atoms with Gasteiger partial charge in [0.15, 0.2) is 6.61 Å². The number of carbonyl (C=O) groups is 2. The third kappa shape index (κ3) is 4.20. The van der Waals surface area contributed by atoms with Crippen LogP contribution in [-0.4, -0.2) is 24.5 Å². The van der Waals surface area contributed by atoms with E-state index in [1.165, 1.54) is 38.5 Å². The normalized spacial score (nSPS) is 29.0. The van der Waals surface area contributed by atoms with E-state index in [-0.39, 0.29) is 29.9 Å². The van der Waals surface area contributed by atoms with Crippen molar-refractivity contribution in [1.29, 1.82) is 0 Å². The number of ether oxygens (including phenoxy) is 1. The van der Waals surface area contributed by atoms with Crippen molar-refractivity contribution in [2.75, 3.05) is 6.61 Å². The lowest BCUT2D eigenvalue weighted by molar-refractivity contribution is -0.150. The summed E-state index contributed by atoms with van der Waals surface area (Å²) in [6, 6.07) is 19.3. The van der Waals surface area contributed by atoms with Gasteiger partial charge in [0.25, 0.3) is 5.91 Å². The quantitative estimate of drug-likeness (QED) is 0.622. The summed E-state index contributed by atoms with van der Waals surface area (Å²) >= 11 is 0. The van der Waals surface area contributed by atoms with Gasteiger partial charge >= 0.3 is 5.97 Å². The number of benzene rings is 2. The van der Waals surface area contributed by atoms with E-state index >= 15 is 0 Å². The first kappa shape index (κ1) is 21.2. The Bertz CT molecular complexity index is 880. The molecule has 0 aliphatic heterocycles. The molecule has 4 heteroatoms. The zero-order chi connectivity index (χ0) is 22.1. The second-order valence-electron chi connectivity index (χ2n) is 10.4. The molecular weight excluding hydrogens is 398 g/mol. The van der Waals surface area contributed by atoms with Gasteiger partial charge < -0.3 is 10.1 Å². The highest BCUT2D eigenvalue weighted by molar-refractivity contribution is 5.85. The van der Waals surface area contributed by atoms with Crippen molar-refractivity contribution in [2.24, 2.45) is 23.2 Å². The lowest BCUT2D eigenvalue weighted by atomic mass is 9.48. The molecular formula is C28H33NO3.